The van der Waals surface area contributed by atoms with Gasteiger partial charge in [0.05, 0.1) is 12.0 Å². The maximum Gasteiger partial charge on any atom is 0.0668 e. The van der Waals surface area contributed by atoms with Gasteiger partial charge < -0.3 is 0 Å². The summed E-state index contributed by atoms with van der Waals surface area (Å²) in [5, 5.41) is 9.10. The SMILES string of the molecule is C=C1CC(C#N)C1(C1CC1)C1CC1. The molecule has 0 aliphatic heterocycles. The van der Waals surface area contributed by atoms with Crippen LogP contribution in [0.25, 0.3) is 0 Å². The summed E-state index contributed by atoms with van der Waals surface area (Å²) in [6.07, 6.45) is 6.41. The molecule has 0 spiro atoms. The van der Waals surface area contributed by atoms with Gasteiger partial charge in [-0.25, -0.2) is 0 Å². The van der Waals surface area contributed by atoms with E-state index in [0.29, 0.717) is 11.3 Å². The second-order valence-electron chi connectivity index (χ2n) is 4.97. The van der Waals surface area contributed by atoms with E-state index in [1.54, 1.807) is 0 Å². The summed E-state index contributed by atoms with van der Waals surface area (Å²) < 4.78 is 0. The number of allylic oxidation sites excluding steroid dienone is 1. The Kier molecular flexibility index (Phi) is 1.28. The second-order valence-corrected chi connectivity index (χ2v) is 4.97. The molecule has 3 aliphatic rings. The highest BCUT2D eigenvalue weighted by molar-refractivity contribution is 5.35. The van der Waals surface area contributed by atoms with E-state index in [4.69, 9.17) is 5.26 Å². The Bertz CT molecular complexity index is 290. The van der Waals surface area contributed by atoms with Crippen LogP contribution in [0, 0.1) is 34.5 Å². The summed E-state index contributed by atoms with van der Waals surface area (Å²) in [6, 6.07) is 2.50. The topological polar surface area (TPSA) is 23.8 Å². The van der Waals surface area contributed by atoms with E-state index in [9.17, 15) is 0 Å². The van der Waals surface area contributed by atoms with E-state index >= 15 is 0 Å². The molecule has 3 saturated carbocycles. The van der Waals surface area contributed by atoms with E-state index in [1.165, 1.54) is 31.3 Å². The van der Waals surface area contributed by atoms with Crippen molar-refractivity contribution >= 4 is 0 Å². The molecule has 0 amide bonds. The molecule has 0 N–H and O–H groups in total. The minimum Gasteiger partial charge on any atom is -0.198 e. The van der Waals surface area contributed by atoms with Gasteiger partial charge in [0.25, 0.3) is 0 Å². The number of rotatable bonds is 2. The first-order valence-corrected chi connectivity index (χ1v) is 5.38. The standard InChI is InChI=1S/C12H15N/c1-8-6-11(7-13)12(8,9-2-3-9)10-4-5-10/h9-11H,1-6H2. The highest BCUT2D eigenvalue weighted by Crippen LogP contribution is 2.71. The minimum atomic E-state index is 0.314. The molecule has 0 aromatic carbocycles. The largest absolute Gasteiger partial charge is 0.198 e. The minimum absolute atomic E-state index is 0.314. The van der Waals surface area contributed by atoms with Crippen molar-refractivity contribution in [3.05, 3.63) is 12.2 Å². The number of nitriles is 1. The predicted molar refractivity (Wildman–Crippen MR) is 50.7 cm³/mol. The quantitative estimate of drug-likeness (QED) is 0.589. The van der Waals surface area contributed by atoms with Gasteiger partial charge in [-0.2, -0.15) is 5.26 Å². The van der Waals surface area contributed by atoms with E-state index < -0.39 is 0 Å². The van der Waals surface area contributed by atoms with Crippen molar-refractivity contribution in [3.63, 3.8) is 0 Å². The molecule has 3 aliphatic carbocycles. The normalized spacial score (nSPS) is 36.5. The van der Waals surface area contributed by atoms with E-state index in [2.05, 4.69) is 12.6 Å². The lowest BCUT2D eigenvalue weighted by Gasteiger charge is -2.50. The van der Waals surface area contributed by atoms with Gasteiger partial charge in [0, 0.05) is 5.41 Å². The van der Waals surface area contributed by atoms with Crippen molar-refractivity contribution in [2.24, 2.45) is 23.2 Å². The lowest BCUT2D eigenvalue weighted by atomic mass is 9.52. The van der Waals surface area contributed by atoms with Crippen LogP contribution < -0.4 is 0 Å². The summed E-state index contributed by atoms with van der Waals surface area (Å²) in [6.45, 7) is 4.18. The van der Waals surface area contributed by atoms with Gasteiger partial charge in [-0.15, -0.1) is 0 Å². The lowest BCUT2D eigenvalue weighted by molar-refractivity contribution is 0.103. The molecule has 1 heteroatoms. The Balaban J connectivity index is 1.96. The molecule has 0 bridgehead atoms. The third-order valence-electron chi connectivity index (χ3n) is 4.30. The molecule has 1 unspecified atom stereocenters. The Labute approximate surface area is 79.4 Å². The van der Waals surface area contributed by atoms with Crippen molar-refractivity contribution in [1.29, 1.82) is 5.26 Å². The fourth-order valence-electron chi connectivity index (χ4n) is 3.46. The van der Waals surface area contributed by atoms with Crippen LogP contribution in [0.5, 0.6) is 0 Å². The zero-order valence-corrected chi connectivity index (χ0v) is 7.92. The molecule has 1 nitrogen and oxygen atoms in total. The molecule has 0 aromatic heterocycles. The summed E-state index contributed by atoms with van der Waals surface area (Å²) in [5.41, 5.74) is 1.72. The highest BCUT2D eigenvalue weighted by atomic mass is 14.7. The maximum atomic E-state index is 9.10. The molecule has 0 radical (unpaired) electrons. The Morgan fingerprint density at radius 1 is 1.23 bits per heavy atom. The van der Waals surface area contributed by atoms with Crippen LogP contribution >= 0.6 is 0 Å². The highest BCUT2D eigenvalue weighted by Gasteiger charge is 2.64. The fraction of sp³-hybridized carbons (Fsp3) is 0.750. The third kappa shape index (κ3) is 0.771. The molecule has 3 fully saturated rings. The Morgan fingerprint density at radius 3 is 2.08 bits per heavy atom. The van der Waals surface area contributed by atoms with Gasteiger partial charge in [-0.05, 0) is 43.9 Å². The van der Waals surface area contributed by atoms with Crippen molar-refractivity contribution in [1.82, 2.24) is 0 Å². The number of hydrogen-bond donors (Lipinski definition) is 0. The van der Waals surface area contributed by atoms with Gasteiger partial charge in [0.15, 0.2) is 0 Å². The van der Waals surface area contributed by atoms with Crippen molar-refractivity contribution in [3.8, 4) is 6.07 Å². The molecule has 0 saturated heterocycles. The third-order valence-corrected chi connectivity index (χ3v) is 4.30. The Morgan fingerprint density at radius 2 is 1.77 bits per heavy atom. The average Bonchev–Trinajstić information content (AvgIpc) is 2.91. The number of nitrogens with zero attached hydrogens (tertiary/aromatic N) is 1. The zero-order chi connectivity index (χ0) is 9.05. The number of hydrogen-bond acceptors (Lipinski definition) is 1. The van der Waals surface area contributed by atoms with Crippen LogP contribution in [-0.2, 0) is 0 Å². The van der Waals surface area contributed by atoms with Crippen molar-refractivity contribution < 1.29 is 0 Å². The van der Waals surface area contributed by atoms with Gasteiger partial charge in [-0.3, -0.25) is 0 Å². The maximum absolute atomic E-state index is 9.10. The first-order chi connectivity index (χ1) is 6.30. The van der Waals surface area contributed by atoms with Gasteiger partial charge in [0.2, 0.25) is 0 Å². The van der Waals surface area contributed by atoms with E-state index in [0.717, 1.165) is 18.3 Å². The molecule has 68 valence electrons. The van der Waals surface area contributed by atoms with E-state index in [1.807, 2.05) is 0 Å². The van der Waals surface area contributed by atoms with Crippen LogP contribution in [0.3, 0.4) is 0 Å². The zero-order valence-electron chi connectivity index (χ0n) is 7.92. The molecule has 0 aromatic rings. The van der Waals surface area contributed by atoms with Gasteiger partial charge in [-0.1, -0.05) is 12.2 Å². The van der Waals surface area contributed by atoms with Crippen molar-refractivity contribution in [2.75, 3.05) is 0 Å². The molecule has 1 atom stereocenters. The Hall–Kier alpha value is -0.770. The first kappa shape index (κ1) is 7.62. The second kappa shape index (κ2) is 2.18. The smallest absolute Gasteiger partial charge is 0.0668 e. The first-order valence-electron chi connectivity index (χ1n) is 5.38. The van der Waals surface area contributed by atoms with E-state index in [-0.39, 0.29) is 0 Å². The van der Waals surface area contributed by atoms with Crippen LogP contribution in [0.2, 0.25) is 0 Å². The summed E-state index contributed by atoms with van der Waals surface area (Å²) >= 11 is 0. The average molecular weight is 173 g/mol. The molecule has 0 heterocycles. The lowest BCUT2D eigenvalue weighted by Crippen LogP contribution is -2.45. The summed E-state index contributed by atoms with van der Waals surface area (Å²) in [5.74, 6) is 2.00. The van der Waals surface area contributed by atoms with Crippen LogP contribution in [0.15, 0.2) is 12.2 Å². The summed E-state index contributed by atoms with van der Waals surface area (Å²) in [4.78, 5) is 0. The van der Waals surface area contributed by atoms with Crippen molar-refractivity contribution in [2.45, 2.75) is 32.1 Å². The predicted octanol–water partition coefficient (Wildman–Crippen LogP) is 2.89. The monoisotopic (exact) mass is 173 g/mol. The fourth-order valence-corrected chi connectivity index (χ4v) is 3.46. The summed E-state index contributed by atoms with van der Waals surface area (Å²) in [7, 11) is 0. The molecule has 3 rings (SSSR count). The van der Waals surface area contributed by atoms with Crippen LogP contribution in [0.1, 0.15) is 32.1 Å². The molecular formula is C12H15N. The van der Waals surface area contributed by atoms with Crippen LogP contribution in [-0.4, -0.2) is 0 Å². The van der Waals surface area contributed by atoms with Crippen LogP contribution in [0.4, 0.5) is 0 Å². The molecule has 13 heavy (non-hydrogen) atoms. The van der Waals surface area contributed by atoms with Gasteiger partial charge in [0.1, 0.15) is 0 Å². The van der Waals surface area contributed by atoms with Gasteiger partial charge >= 0.3 is 0 Å². The molecular weight excluding hydrogens is 158 g/mol.